The number of furan rings is 1. The highest BCUT2D eigenvalue weighted by atomic mass is 35.5. The number of nitro groups is 1. The number of esters is 1. The fraction of sp³-hybridized carbons (Fsp3) is 0. The molecule has 1 aliphatic heterocycles. The Labute approximate surface area is 128 Å². The van der Waals surface area contributed by atoms with Gasteiger partial charge in [-0.1, -0.05) is 17.7 Å². The van der Waals surface area contributed by atoms with Crippen LogP contribution in [0.3, 0.4) is 0 Å². The van der Waals surface area contributed by atoms with Crippen molar-refractivity contribution in [3.63, 3.8) is 0 Å². The molecule has 2 aromatic rings. The number of carbonyl (C=O) groups is 1. The standard InChI is InChI=1S/C14H7ClN2O5/c15-9-3-1-2-8(6-9)13-16-11(14(18)22-13)7-10-4-5-12(21-10)17(19)20/h1-7H/b11-7-. The van der Waals surface area contributed by atoms with E-state index in [-0.39, 0.29) is 17.4 Å². The summed E-state index contributed by atoms with van der Waals surface area (Å²) in [5.41, 5.74) is 0.536. The summed E-state index contributed by atoms with van der Waals surface area (Å²) in [5, 5.41) is 11.0. The van der Waals surface area contributed by atoms with Gasteiger partial charge < -0.3 is 9.15 Å². The van der Waals surface area contributed by atoms with Crippen molar-refractivity contribution < 1.29 is 18.9 Å². The maximum Gasteiger partial charge on any atom is 0.433 e. The number of rotatable bonds is 3. The zero-order valence-corrected chi connectivity index (χ0v) is 11.6. The van der Waals surface area contributed by atoms with Crippen LogP contribution in [0.1, 0.15) is 11.3 Å². The fourth-order valence-corrected chi connectivity index (χ4v) is 2.00. The summed E-state index contributed by atoms with van der Waals surface area (Å²) >= 11 is 5.87. The summed E-state index contributed by atoms with van der Waals surface area (Å²) in [6.45, 7) is 0. The van der Waals surface area contributed by atoms with Gasteiger partial charge in [0.25, 0.3) is 0 Å². The van der Waals surface area contributed by atoms with Crippen LogP contribution in [0.25, 0.3) is 6.08 Å². The van der Waals surface area contributed by atoms with E-state index in [1.807, 2.05) is 0 Å². The Hall–Kier alpha value is -2.93. The Balaban J connectivity index is 1.92. The van der Waals surface area contributed by atoms with Crippen LogP contribution >= 0.6 is 11.6 Å². The van der Waals surface area contributed by atoms with Gasteiger partial charge in [0.15, 0.2) is 5.70 Å². The van der Waals surface area contributed by atoms with E-state index in [4.69, 9.17) is 20.8 Å². The summed E-state index contributed by atoms with van der Waals surface area (Å²) in [7, 11) is 0. The summed E-state index contributed by atoms with van der Waals surface area (Å²) in [4.78, 5) is 25.7. The number of ether oxygens (including phenoxy) is 1. The SMILES string of the molecule is O=C1OC(c2cccc(Cl)c2)=N/C1=C\c1ccc([N+](=O)[O-])o1. The van der Waals surface area contributed by atoms with E-state index < -0.39 is 16.8 Å². The molecule has 0 atom stereocenters. The molecule has 0 aliphatic carbocycles. The first kappa shape index (κ1) is 14.0. The zero-order chi connectivity index (χ0) is 15.7. The van der Waals surface area contributed by atoms with Crippen LogP contribution in [0.5, 0.6) is 0 Å². The summed E-state index contributed by atoms with van der Waals surface area (Å²) in [6.07, 6.45) is 1.27. The summed E-state index contributed by atoms with van der Waals surface area (Å²) < 4.78 is 9.99. The molecule has 1 aromatic carbocycles. The molecule has 22 heavy (non-hydrogen) atoms. The lowest BCUT2D eigenvalue weighted by Gasteiger charge is -1.98. The number of cyclic esters (lactones) is 1. The molecule has 8 heteroatoms. The first-order valence-electron chi connectivity index (χ1n) is 6.05. The van der Waals surface area contributed by atoms with Crippen LogP contribution in [0.15, 0.2) is 51.5 Å². The van der Waals surface area contributed by atoms with E-state index in [1.54, 1.807) is 24.3 Å². The van der Waals surface area contributed by atoms with Crippen LogP contribution in [-0.2, 0) is 9.53 Å². The van der Waals surface area contributed by atoms with Crippen molar-refractivity contribution in [2.24, 2.45) is 4.99 Å². The maximum absolute atomic E-state index is 11.8. The minimum atomic E-state index is -0.672. The van der Waals surface area contributed by atoms with Gasteiger partial charge in [-0.3, -0.25) is 10.1 Å². The molecule has 0 fully saturated rings. The second-order valence-electron chi connectivity index (χ2n) is 4.28. The smallest absolute Gasteiger partial charge is 0.402 e. The lowest BCUT2D eigenvalue weighted by Crippen LogP contribution is -2.05. The lowest BCUT2D eigenvalue weighted by atomic mass is 10.2. The van der Waals surface area contributed by atoms with Crippen LogP contribution < -0.4 is 0 Å². The average molecular weight is 319 g/mol. The molecule has 0 radical (unpaired) electrons. The molecule has 1 aliphatic rings. The molecule has 0 saturated carbocycles. The highest BCUT2D eigenvalue weighted by Crippen LogP contribution is 2.23. The van der Waals surface area contributed by atoms with Crippen molar-refractivity contribution in [2.45, 2.75) is 0 Å². The highest BCUT2D eigenvalue weighted by Gasteiger charge is 2.25. The van der Waals surface area contributed by atoms with Gasteiger partial charge in [0.1, 0.15) is 10.7 Å². The van der Waals surface area contributed by atoms with Gasteiger partial charge in [-0.25, -0.2) is 9.79 Å². The number of carbonyl (C=O) groups excluding carboxylic acids is 1. The van der Waals surface area contributed by atoms with Crippen LogP contribution in [0.4, 0.5) is 5.88 Å². The Kier molecular flexibility index (Phi) is 3.48. The van der Waals surface area contributed by atoms with Gasteiger partial charge >= 0.3 is 11.9 Å². The minimum Gasteiger partial charge on any atom is -0.402 e. The van der Waals surface area contributed by atoms with Crippen LogP contribution in [0, 0.1) is 10.1 Å². The molecule has 0 amide bonds. The van der Waals surface area contributed by atoms with Crippen molar-refractivity contribution in [1.29, 1.82) is 0 Å². The van der Waals surface area contributed by atoms with Crippen LogP contribution in [-0.4, -0.2) is 16.8 Å². The molecule has 0 saturated heterocycles. The summed E-state index contributed by atoms with van der Waals surface area (Å²) in [6, 6.07) is 9.24. The quantitative estimate of drug-likeness (QED) is 0.375. The van der Waals surface area contributed by atoms with Gasteiger partial charge in [-0.2, -0.15) is 0 Å². The number of benzene rings is 1. The van der Waals surface area contributed by atoms with Crippen LogP contribution in [0.2, 0.25) is 5.02 Å². The van der Waals surface area contributed by atoms with E-state index >= 15 is 0 Å². The van der Waals surface area contributed by atoms with Crippen molar-refractivity contribution in [2.75, 3.05) is 0 Å². The molecular formula is C14H7ClN2O5. The van der Waals surface area contributed by atoms with Crippen molar-refractivity contribution in [3.05, 3.63) is 68.6 Å². The largest absolute Gasteiger partial charge is 0.433 e. The van der Waals surface area contributed by atoms with Gasteiger partial charge in [0.05, 0.1) is 6.07 Å². The molecule has 0 unspecified atom stereocenters. The number of halogens is 1. The number of hydrogen-bond acceptors (Lipinski definition) is 6. The molecule has 0 N–H and O–H groups in total. The molecule has 0 bridgehead atoms. The third-order valence-electron chi connectivity index (χ3n) is 2.76. The van der Waals surface area contributed by atoms with Crippen molar-refractivity contribution >= 4 is 35.4 Å². The molecular weight excluding hydrogens is 312 g/mol. The predicted octanol–water partition coefficient (Wildman–Crippen LogP) is 3.19. The highest BCUT2D eigenvalue weighted by molar-refractivity contribution is 6.31. The molecule has 1 aromatic heterocycles. The van der Waals surface area contributed by atoms with Gasteiger partial charge in [0, 0.05) is 16.7 Å². The first-order chi connectivity index (χ1) is 10.5. The Morgan fingerprint density at radius 2 is 2.09 bits per heavy atom. The molecule has 110 valence electrons. The first-order valence-corrected chi connectivity index (χ1v) is 6.43. The topological polar surface area (TPSA) is 94.9 Å². The fourth-order valence-electron chi connectivity index (χ4n) is 1.81. The van der Waals surface area contributed by atoms with E-state index in [0.29, 0.717) is 10.6 Å². The van der Waals surface area contributed by atoms with Gasteiger partial charge in [-0.15, -0.1) is 0 Å². The molecule has 2 heterocycles. The Morgan fingerprint density at radius 1 is 1.27 bits per heavy atom. The molecule has 3 rings (SSSR count). The second-order valence-corrected chi connectivity index (χ2v) is 4.72. The molecule has 0 spiro atoms. The van der Waals surface area contributed by atoms with Crippen molar-refractivity contribution in [3.8, 4) is 0 Å². The zero-order valence-electron chi connectivity index (χ0n) is 10.9. The number of aliphatic imine (C=N–C) groups is 1. The average Bonchev–Trinajstić information content (AvgIpc) is 3.07. The second kappa shape index (κ2) is 5.45. The Bertz CT molecular complexity index is 837. The number of nitrogens with zero attached hydrogens (tertiary/aromatic N) is 2. The third-order valence-corrected chi connectivity index (χ3v) is 3.00. The maximum atomic E-state index is 11.8. The number of hydrogen-bond donors (Lipinski definition) is 0. The summed E-state index contributed by atoms with van der Waals surface area (Å²) in [5.74, 6) is -0.846. The van der Waals surface area contributed by atoms with E-state index in [0.717, 1.165) is 0 Å². The van der Waals surface area contributed by atoms with Crippen molar-refractivity contribution in [1.82, 2.24) is 0 Å². The lowest BCUT2D eigenvalue weighted by molar-refractivity contribution is -0.402. The van der Waals surface area contributed by atoms with E-state index in [2.05, 4.69) is 4.99 Å². The van der Waals surface area contributed by atoms with E-state index in [9.17, 15) is 14.9 Å². The van der Waals surface area contributed by atoms with Gasteiger partial charge in [-0.05, 0) is 24.3 Å². The predicted molar refractivity (Wildman–Crippen MR) is 77.4 cm³/mol. The monoisotopic (exact) mass is 318 g/mol. The minimum absolute atomic E-state index is 0.0146. The normalized spacial score (nSPS) is 15.8. The van der Waals surface area contributed by atoms with Gasteiger partial charge in [0.2, 0.25) is 5.90 Å². The van der Waals surface area contributed by atoms with E-state index in [1.165, 1.54) is 18.2 Å². The Morgan fingerprint density at radius 3 is 2.77 bits per heavy atom. The third kappa shape index (κ3) is 2.75. The molecule has 7 nitrogen and oxygen atoms in total.